The predicted octanol–water partition coefficient (Wildman–Crippen LogP) is -1.21. The van der Waals surface area contributed by atoms with E-state index in [0.29, 0.717) is 0 Å². The summed E-state index contributed by atoms with van der Waals surface area (Å²) >= 11 is 0.732. The third kappa shape index (κ3) is 0.893. The van der Waals surface area contributed by atoms with Crippen LogP contribution >= 0.6 is 0 Å². The Morgan fingerprint density at radius 2 is 1.62 bits per heavy atom. The van der Waals surface area contributed by atoms with Crippen molar-refractivity contribution in [2.75, 3.05) is 4.43 Å². The second-order valence-corrected chi connectivity index (χ2v) is 6.79. The van der Waals surface area contributed by atoms with Gasteiger partial charge < -0.3 is 0 Å². The molecule has 1 saturated carbocycles. The molecular weight excluding hydrogens is 211 g/mol. The Morgan fingerprint density at radius 3 is 2.00 bits per heavy atom. The number of alkyl halides is 2. The molecule has 0 aromatic carbocycles. The molecule has 1 aliphatic heterocycles. The average Bonchev–Trinajstić information content (AvgIpc) is 2.52. The van der Waals surface area contributed by atoms with Gasteiger partial charge in [0.25, 0.3) is 0 Å². The van der Waals surface area contributed by atoms with Crippen LogP contribution in [0.3, 0.4) is 0 Å². The first-order chi connectivity index (χ1) is 3.91. The van der Waals surface area contributed by atoms with Crippen molar-refractivity contribution < 1.29 is 21.2 Å². The summed E-state index contributed by atoms with van der Waals surface area (Å²) in [6.45, 7) is 0. The molecule has 0 bridgehead atoms. The average molecular weight is 223 g/mol. The van der Waals surface area contributed by atoms with Crippen LogP contribution in [-0.4, -0.2) is 7.85 Å². The Morgan fingerprint density at radius 1 is 1.00 bits per heavy atom. The van der Waals surface area contributed by atoms with Crippen molar-refractivity contribution in [1.82, 2.24) is 0 Å². The molecule has 0 aromatic heterocycles. The molecule has 0 aromatic rings. The molecule has 2 fully saturated rings. The summed E-state index contributed by atoms with van der Waals surface area (Å²) in [5.74, 6) is 0. The third-order valence-corrected chi connectivity index (χ3v) is 6.26. The van der Waals surface area contributed by atoms with E-state index < -0.39 is 0 Å². The number of rotatable bonds is 0. The van der Waals surface area contributed by atoms with Gasteiger partial charge in [0.05, 0.1) is 0 Å². The number of hydrogen-bond donors (Lipinski definition) is 0. The van der Waals surface area contributed by atoms with Crippen LogP contribution in [0.2, 0.25) is 0 Å². The van der Waals surface area contributed by atoms with Crippen LogP contribution in [0.4, 0.5) is 0 Å². The maximum absolute atomic E-state index is 1.67. The Labute approximate surface area is 61.3 Å². The zero-order valence-corrected chi connectivity index (χ0v) is 7.28. The first kappa shape index (κ1) is 5.51. The van der Waals surface area contributed by atoms with Crippen LogP contribution in [0, 0.1) is 0 Å². The number of halogens is 1. The Balaban J connectivity index is 1.95. The maximum atomic E-state index is 1.67. The molecule has 0 amide bonds. The molecule has 1 heteroatoms. The van der Waals surface area contributed by atoms with Gasteiger partial charge in [-0.05, 0) is 0 Å². The van der Waals surface area contributed by atoms with Gasteiger partial charge in [0.2, 0.25) is 0 Å². The van der Waals surface area contributed by atoms with Crippen molar-refractivity contribution in [3.05, 3.63) is 0 Å². The number of hydrogen-bond acceptors (Lipinski definition) is 0. The van der Waals surface area contributed by atoms with Gasteiger partial charge in [0.15, 0.2) is 0 Å². The van der Waals surface area contributed by atoms with E-state index in [0.717, 1.165) is 24.6 Å². The van der Waals surface area contributed by atoms with Crippen molar-refractivity contribution in [1.29, 1.82) is 0 Å². The quantitative estimate of drug-likeness (QED) is 0.357. The van der Waals surface area contributed by atoms with Crippen LogP contribution in [0.15, 0.2) is 0 Å². The van der Waals surface area contributed by atoms with E-state index in [1.54, 1.807) is 30.1 Å². The standard InChI is InChI=1S/C7H12I/c1-2-4-7(5-3-1)6-8-7/h1-6H2/q-1. The minimum atomic E-state index is 0.732. The summed E-state index contributed by atoms with van der Waals surface area (Å²) in [5, 5.41) is 0. The molecule has 0 radical (unpaired) electrons. The van der Waals surface area contributed by atoms with E-state index >= 15 is 0 Å². The minimum absolute atomic E-state index is 0.732. The summed E-state index contributed by atoms with van der Waals surface area (Å²) in [6, 6.07) is 0. The molecule has 1 saturated heterocycles. The first-order valence-electron chi connectivity index (χ1n) is 3.52. The Bertz CT molecular complexity index is 86.6. The van der Waals surface area contributed by atoms with Crippen LogP contribution < -0.4 is 21.2 Å². The monoisotopic (exact) mass is 223 g/mol. The van der Waals surface area contributed by atoms with Crippen LogP contribution in [-0.2, 0) is 0 Å². The molecule has 0 N–H and O–H groups in total. The summed E-state index contributed by atoms with van der Waals surface area (Å²) in [5.41, 5.74) is 0. The van der Waals surface area contributed by atoms with Gasteiger partial charge in [0, 0.05) is 0 Å². The van der Waals surface area contributed by atoms with Crippen molar-refractivity contribution in [2.45, 2.75) is 35.5 Å². The zero-order valence-electron chi connectivity index (χ0n) is 5.12. The van der Waals surface area contributed by atoms with Gasteiger partial charge in [-0.15, -0.1) is 0 Å². The molecule has 0 unspecified atom stereocenters. The second-order valence-electron chi connectivity index (χ2n) is 2.98. The fraction of sp³-hybridized carbons (Fsp3) is 1.00. The van der Waals surface area contributed by atoms with E-state index in [4.69, 9.17) is 0 Å². The molecule has 1 aliphatic carbocycles. The van der Waals surface area contributed by atoms with E-state index in [1.165, 1.54) is 6.42 Å². The molecule has 48 valence electrons. The van der Waals surface area contributed by atoms with Gasteiger partial charge in [-0.1, -0.05) is 0 Å². The molecule has 1 heterocycles. The molecule has 2 rings (SSSR count). The third-order valence-electron chi connectivity index (χ3n) is 2.26. The van der Waals surface area contributed by atoms with Gasteiger partial charge in [0.1, 0.15) is 0 Å². The van der Waals surface area contributed by atoms with Gasteiger partial charge in [-0.3, -0.25) is 0 Å². The Kier molecular flexibility index (Phi) is 1.28. The van der Waals surface area contributed by atoms with E-state index in [2.05, 4.69) is 0 Å². The van der Waals surface area contributed by atoms with E-state index in [9.17, 15) is 0 Å². The summed E-state index contributed by atoms with van der Waals surface area (Å²) in [7, 11) is 0. The summed E-state index contributed by atoms with van der Waals surface area (Å²) in [4.78, 5) is 0. The zero-order chi connectivity index (χ0) is 5.45. The second kappa shape index (κ2) is 1.86. The van der Waals surface area contributed by atoms with Gasteiger partial charge in [-0.25, -0.2) is 0 Å². The fourth-order valence-electron chi connectivity index (χ4n) is 1.55. The van der Waals surface area contributed by atoms with Crippen LogP contribution in [0.1, 0.15) is 32.1 Å². The van der Waals surface area contributed by atoms with Crippen LogP contribution in [0.5, 0.6) is 0 Å². The van der Waals surface area contributed by atoms with E-state index in [1.807, 2.05) is 0 Å². The predicted molar refractivity (Wildman–Crippen MR) is 30.7 cm³/mol. The molecule has 2 aliphatic rings. The van der Waals surface area contributed by atoms with Crippen molar-refractivity contribution in [3.63, 3.8) is 0 Å². The Hall–Kier alpha value is 0.730. The van der Waals surface area contributed by atoms with Crippen molar-refractivity contribution in [3.8, 4) is 0 Å². The van der Waals surface area contributed by atoms with Gasteiger partial charge >= 0.3 is 61.2 Å². The molecular formula is C7H12I-. The van der Waals surface area contributed by atoms with Crippen LogP contribution in [0.25, 0.3) is 0 Å². The van der Waals surface area contributed by atoms with Crippen molar-refractivity contribution >= 4 is 0 Å². The van der Waals surface area contributed by atoms with E-state index in [-0.39, 0.29) is 0 Å². The van der Waals surface area contributed by atoms with Gasteiger partial charge in [-0.2, -0.15) is 0 Å². The molecule has 0 atom stereocenters. The normalized spacial score (nSPS) is 34.0. The summed E-state index contributed by atoms with van der Waals surface area (Å²) < 4.78 is 2.71. The topological polar surface area (TPSA) is 0 Å². The fourth-order valence-corrected chi connectivity index (χ4v) is 4.37. The van der Waals surface area contributed by atoms with Crippen molar-refractivity contribution in [2.24, 2.45) is 0 Å². The first-order valence-corrected chi connectivity index (χ1v) is 6.12. The molecule has 8 heavy (non-hydrogen) atoms. The summed E-state index contributed by atoms with van der Waals surface area (Å²) in [6.07, 6.45) is 7.87. The molecule has 1 spiro atoms. The SMILES string of the molecule is C1CCC2(CC1)C[I-]2. The molecule has 0 nitrogen and oxygen atoms in total.